The van der Waals surface area contributed by atoms with Gasteiger partial charge in [0.25, 0.3) is 0 Å². The largest absolute Gasteiger partial charge is 0.434 e. The molecule has 1 heterocycles. The molecule has 7 heteroatoms. The van der Waals surface area contributed by atoms with Crippen molar-refractivity contribution in [1.29, 1.82) is 0 Å². The molecule has 1 amide bonds. The van der Waals surface area contributed by atoms with Crippen molar-refractivity contribution in [3.05, 3.63) is 11.1 Å². The molecule has 0 atom stereocenters. The van der Waals surface area contributed by atoms with E-state index < -0.39 is 11.9 Å². The first-order valence-corrected chi connectivity index (χ1v) is 5.14. The van der Waals surface area contributed by atoms with Gasteiger partial charge in [-0.2, -0.15) is 13.2 Å². The molecule has 1 aromatic heterocycles. The summed E-state index contributed by atoms with van der Waals surface area (Å²) < 4.78 is 36.4. The van der Waals surface area contributed by atoms with Crippen molar-refractivity contribution in [1.82, 2.24) is 4.98 Å². The fraction of sp³-hybridized carbons (Fsp3) is 0.500. The van der Waals surface area contributed by atoms with Gasteiger partial charge < -0.3 is 5.32 Å². The van der Waals surface area contributed by atoms with Crippen molar-refractivity contribution in [2.75, 3.05) is 5.32 Å². The fourth-order valence-corrected chi connectivity index (χ4v) is 1.60. The van der Waals surface area contributed by atoms with Crippen LogP contribution < -0.4 is 5.32 Å². The number of anilines is 1. The van der Waals surface area contributed by atoms with Crippen LogP contribution in [0.25, 0.3) is 0 Å². The minimum absolute atomic E-state index is 0.0132. The number of alkyl halides is 3. The molecule has 0 aliphatic carbocycles. The monoisotopic (exact) mass is 238 g/mol. The van der Waals surface area contributed by atoms with Crippen molar-refractivity contribution in [3.63, 3.8) is 0 Å². The molecule has 84 valence electrons. The SMILES string of the molecule is CCCC(=O)Nc1nc(C(F)(F)F)cs1. The minimum Gasteiger partial charge on any atom is -0.302 e. The highest BCUT2D eigenvalue weighted by Crippen LogP contribution is 2.31. The standard InChI is InChI=1S/C8H9F3N2OS/c1-2-3-6(14)13-7-12-5(4-15-7)8(9,10)11/h4H,2-3H2,1H3,(H,12,13,14). The highest BCUT2D eigenvalue weighted by atomic mass is 32.1. The van der Waals surface area contributed by atoms with E-state index in [1.165, 1.54) is 0 Å². The number of thiazole rings is 1. The first-order chi connectivity index (χ1) is 6.93. The molecule has 0 saturated heterocycles. The lowest BCUT2D eigenvalue weighted by Crippen LogP contribution is -2.11. The maximum atomic E-state index is 12.1. The smallest absolute Gasteiger partial charge is 0.302 e. The Morgan fingerprint density at radius 3 is 2.73 bits per heavy atom. The van der Waals surface area contributed by atoms with E-state index in [2.05, 4.69) is 10.3 Å². The van der Waals surface area contributed by atoms with Gasteiger partial charge >= 0.3 is 6.18 Å². The zero-order chi connectivity index (χ0) is 11.5. The normalized spacial score (nSPS) is 11.5. The number of carbonyl (C=O) groups excluding carboxylic acids is 1. The third-order valence-corrected chi connectivity index (χ3v) is 2.28. The van der Waals surface area contributed by atoms with Crippen LogP contribution in [0.15, 0.2) is 5.38 Å². The molecule has 0 aliphatic heterocycles. The number of nitrogens with one attached hydrogen (secondary N) is 1. The number of hydrogen-bond donors (Lipinski definition) is 1. The molecule has 1 N–H and O–H groups in total. The lowest BCUT2D eigenvalue weighted by atomic mass is 10.3. The maximum Gasteiger partial charge on any atom is 0.434 e. The summed E-state index contributed by atoms with van der Waals surface area (Å²) in [5.41, 5.74) is -0.973. The van der Waals surface area contributed by atoms with Gasteiger partial charge in [-0.3, -0.25) is 4.79 Å². The summed E-state index contributed by atoms with van der Waals surface area (Å²) in [4.78, 5) is 14.3. The van der Waals surface area contributed by atoms with Crippen LogP contribution >= 0.6 is 11.3 Å². The average molecular weight is 238 g/mol. The van der Waals surface area contributed by atoms with E-state index in [9.17, 15) is 18.0 Å². The number of amides is 1. The van der Waals surface area contributed by atoms with Gasteiger partial charge in [-0.05, 0) is 6.42 Å². The summed E-state index contributed by atoms with van der Waals surface area (Å²) >= 11 is 0.768. The minimum atomic E-state index is -4.45. The molecular weight excluding hydrogens is 229 g/mol. The van der Waals surface area contributed by atoms with Crippen LogP contribution in [0.3, 0.4) is 0 Å². The molecule has 0 saturated carbocycles. The van der Waals surface area contributed by atoms with Crippen molar-refractivity contribution in [2.45, 2.75) is 25.9 Å². The Balaban J connectivity index is 2.65. The van der Waals surface area contributed by atoms with Crippen LogP contribution in [0.4, 0.5) is 18.3 Å². The van der Waals surface area contributed by atoms with E-state index in [0.717, 1.165) is 16.7 Å². The molecule has 0 radical (unpaired) electrons. The topological polar surface area (TPSA) is 42.0 Å². The summed E-state index contributed by atoms with van der Waals surface area (Å²) in [5, 5.41) is 3.17. The van der Waals surface area contributed by atoms with Crippen LogP contribution in [0.5, 0.6) is 0 Å². The second-order valence-corrected chi connectivity index (χ2v) is 3.69. The van der Waals surface area contributed by atoms with Gasteiger partial charge in [-0.25, -0.2) is 4.98 Å². The highest BCUT2D eigenvalue weighted by molar-refractivity contribution is 7.13. The van der Waals surface area contributed by atoms with Crippen LogP contribution in [-0.4, -0.2) is 10.9 Å². The van der Waals surface area contributed by atoms with E-state index in [4.69, 9.17) is 0 Å². The summed E-state index contributed by atoms with van der Waals surface area (Å²) in [6, 6.07) is 0. The zero-order valence-electron chi connectivity index (χ0n) is 7.89. The number of carbonyl (C=O) groups is 1. The molecule has 1 aromatic rings. The summed E-state index contributed by atoms with van der Waals surface area (Å²) in [7, 11) is 0. The second-order valence-electron chi connectivity index (χ2n) is 2.83. The Morgan fingerprint density at radius 1 is 1.60 bits per heavy atom. The number of halogens is 3. The van der Waals surface area contributed by atoms with Crippen LogP contribution in [0.1, 0.15) is 25.5 Å². The van der Waals surface area contributed by atoms with E-state index >= 15 is 0 Å². The van der Waals surface area contributed by atoms with Crippen molar-refractivity contribution >= 4 is 22.4 Å². The first-order valence-electron chi connectivity index (χ1n) is 4.26. The highest BCUT2D eigenvalue weighted by Gasteiger charge is 2.33. The van der Waals surface area contributed by atoms with E-state index in [1.807, 2.05) is 6.92 Å². The van der Waals surface area contributed by atoms with E-state index in [0.29, 0.717) is 6.42 Å². The maximum absolute atomic E-state index is 12.1. The quantitative estimate of drug-likeness (QED) is 0.879. The van der Waals surface area contributed by atoms with Crippen LogP contribution in [0, 0.1) is 0 Å². The third-order valence-electron chi connectivity index (χ3n) is 1.52. The van der Waals surface area contributed by atoms with Gasteiger partial charge in [0.15, 0.2) is 10.8 Å². The molecule has 0 fully saturated rings. The summed E-state index contributed by atoms with van der Waals surface area (Å²) in [6.07, 6.45) is -3.53. The number of aromatic nitrogens is 1. The Morgan fingerprint density at radius 2 is 2.27 bits per heavy atom. The summed E-state index contributed by atoms with van der Waals surface area (Å²) in [6.45, 7) is 1.81. The van der Waals surface area contributed by atoms with Crippen molar-refractivity contribution in [3.8, 4) is 0 Å². The van der Waals surface area contributed by atoms with E-state index in [1.54, 1.807) is 0 Å². The number of hydrogen-bond acceptors (Lipinski definition) is 3. The van der Waals surface area contributed by atoms with Gasteiger partial charge in [0.2, 0.25) is 5.91 Å². The zero-order valence-corrected chi connectivity index (χ0v) is 8.71. The Bertz CT molecular complexity index is 348. The number of nitrogens with zero attached hydrogens (tertiary/aromatic N) is 1. The molecule has 0 spiro atoms. The van der Waals surface area contributed by atoms with Gasteiger partial charge in [0, 0.05) is 11.8 Å². The van der Waals surface area contributed by atoms with Crippen molar-refractivity contribution in [2.24, 2.45) is 0 Å². The van der Waals surface area contributed by atoms with Crippen molar-refractivity contribution < 1.29 is 18.0 Å². The fourth-order valence-electron chi connectivity index (χ4n) is 0.870. The molecule has 0 aliphatic rings. The molecule has 0 unspecified atom stereocenters. The van der Waals surface area contributed by atoms with Gasteiger partial charge in [0.05, 0.1) is 0 Å². The Labute approximate surface area is 88.3 Å². The number of rotatable bonds is 3. The lowest BCUT2D eigenvalue weighted by Gasteiger charge is -2.01. The van der Waals surface area contributed by atoms with Gasteiger partial charge in [-0.15, -0.1) is 11.3 Å². The molecule has 15 heavy (non-hydrogen) atoms. The molecule has 3 nitrogen and oxygen atoms in total. The molecular formula is C8H9F3N2OS. The molecule has 0 aromatic carbocycles. The average Bonchev–Trinajstić information content (AvgIpc) is 2.52. The molecule has 0 bridgehead atoms. The Kier molecular flexibility index (Phi) is 3.67. The summed E-state index contributed by atoms with van der Waals surface area (Å²) in [5.74, 6) is -0.319. The predicted molar refractivity (Wildman–Crippen MR) is 50.7 cm³/mol. The van der Waals surface area contributed by atoms with Crippen LogP contribution in [0.2, 0.25) is 0 Å². The van der Waals surface area contributed by atoms with E-state index in [-0.39, 0.29) is 17.5 Å². The van der Waals surface area contributed by atoms with Gasteiger partial charge in [-0.1, -0.05) is 6.92 Å². The second kappa shape index (κ2) is 4.61. The first kappa shape index (κ1) is 12.0. The van der Waals surface area contributed by atoms with Crippen LogP contribution in [-0.2, 0) is 11.0 Å². The lowest BCUT2D eigenvalue weighted by molar-refractivity contribution is -0.140. The Hall–Kier alpha value is -1.11. The third kappa shape index (κ3) is 3.50. The predicted octanol–water partition coefficient (Wildman–Crippen LogP) is 2.90. The van der Waals surface area contributed by atoms with Gasteiger partial charge in [0.1, 0.15) is 0 Å². The molecule has 1 rings (SSSR count).